The van der Waals surface area contributed by atoms with Crippen LogP contribution < -0.4 is 15.2 Å². The Morgan fingerprint density at radius 2 is 1.94 bits per heavy atom. The predicted molar refractivity (Wildman–Crippen MR) is 75.2 cm³/mol. The molecule has 0 aliphatic carbocycles. The summed E-state index contributed by atoms with van der Waals surface area (Å²) in [5.41, 5.74) is 6.69. The van der Waals surface area contributed by atoms with Gasteiger partial charge in [-0.1, -0.05) is 0 Å². The van der Waals surface area contributed by atoms with E-state index in [2.05, 4.69) is 15.9 Å². The van der Waals surface area contributed by atoms with E-state index in [4.69, 9.17) is 19.9 Å². The molecule has 1 aromatic carbocycles. The molecule has 0 fully saturated rings. The van der Waals surface area contributed by atoms with Crippen LogP contribution in [-0.2, 0) is 11.2 Å². The number of ether oxygens (including phenoxy) is 3. The minimum atomic E-state index is 0.214. The summed E-state index contributed by atoms with van der Waals surface area (Å²) in [7, 11) is 0. The van der Waals surface area contributed by atoms with Crippen molar-refractivity contribution in [2.75, 3.05) is 26.6 Å². The van der Waals surface area contributed by atoms with Gasteiger partial charge < -0.3 is 19.9 Å². The average Bonchev–Trinajstić information content (AvgIpc) is 2.33. The Morgan fingerprint density at radius 1 is 1.17 bits per heavy atom. The fourth-order valence-electron chi connectivity index (χ4n) is 1.52. The molecule has 0 unspecified atom stereocenters. The van der Waals surface area contributed by atoms with Gasteiger partial charge in [-0.05, 0) is 60.4 Å². The van der Waals surface area contributed by atoms with Crippen molar-refractivity contribution in [3.63, 3.8) is 0 Å². The Bertz CT molecular complexity index is 371. The zero-order valence-electron chi connectivity index (χ0n) is 10.9. The van der Waals surface area contributed by atoms with Crippen molar-refractivity contribution in [1.29, 1.82) is 0 Å². The van der Waals surface area contributed by atoms with Crippen molar-refractivity contribution in [2.24, 2.45) is 5.73 Å². The van der Waals surface area contributed by atoms with Gasteiger partial charge in [-0.2, -0.15) is 0 Å². The molecule has 0 atom stereocenters. The van der Waals surface area contributed by atoms with Gasteiger partial charge in [-0.25, -0.2) is 0 Å². The van der Waals surface area contributed by atoms with Gasteiger partial charge in [0.1, 0.15) is 0 Å². The van der Waals surface area contributed by atoms with Crippen LogP contribution in [0.5, 0.6) is 11.5 Å². The summed E-state index contributed by atoms with van der Waals surface area (Å²) in [5, 5.41) is 0. The highest BCUT2D eigenvalue weighted by atomic mass is 79.9. The van der Waals surface area contributed by atoms with Gasteiger partial charge >= 0.3 is 0 Å². The van der Waals surface area contributed by atoms with E-state index < -0.39 is 0 Å². The lowest BCUT2D eigenvalue weighted by molar-refractivity contribution is 0.0201. The van der Waals surface area contributed by atoms with Gasteiger partial charge in [0.25, 0.3) is 0 Å². The molecule has 18 heavy (non-hydrogen) atoms. The SMILES string of the molecule is CCOCOc1c(Br)cc(CCN)cc1OCC. The quantitative estimate of drug-likeness (QED) is 0.591. The van der Waals surface area contributed by atoms with E-state index in [1.165, 1.54) is 0 Å². The molecule has 0 aliphatic rings. The highest BCUT2D eigenvalue weighted by Crippen LogP contribution is 2.37. The summed E-state index contributed by atoms with van der Waals surface area (Å²) in [5.74, 6) is 1.39. The molecule has 0 saturated heterocycles. The third-order valence-corrected chi connectivity index (χ3v) is 2.88. The number of rotatable bonds is 8. The Labute approximate surface area is 117 Å². The molecule has 0 aliphatic heterocycles. The minimum absolute atomic E-state index is 0.214. The zero-order valence-corrected chi connectivity index (χ0v) is 12.5. The van der Waals surface area contributed by atoms with E-state index in [0.29, 0.717) is 25.5 Å². The Morgan fingerprint density at radius 3 is 2.56 bits per heavy atom. The molecule has 0 bridgehead atoms. The van der Waals surface area contributed by atoms with Crippen LogP contribution in [0.1, 0.15) is 19.4 Å². The Hall–Kier alpha value is -0.780. The molecule has 0 saturated carbocycles. The second-order valence-corrected chi connectivity index (χ2v) is 4.49. The second kappa shape index (κ2) is 8.34. The molecule has 102 valence electrons. The van der Waals surface area contributed by atoms with Crippen LogP contribution in [0.2, 0.25) is 0 Å². The molecule has 0 heterocycles. The number of hydrogen-bond donors (Lipinski definition) is 1. The molecule has 0 amide bonds. The Kier molecular flexibility index (Phi) is 7.08. The molecular weight excluding hydrogens is 298 g/mol. The van der Waals surface area contributed by atoms with E-state index in [1.807, 2.05) is 26.0 Å². The lowest BCUT2D eigenvalue weighted by Crippen LogP contribution is -2.07. The highest BCUT2D eigenvalue weighted by molar-refractivity contribution is 9.10. The molecule has 0 radical (unpaired) electrons. The highest BCUT2D eigenvalue weighted by Gasteiger charge is 2.12. The van der Waals surface area contributed by atoms with Crippen LogP contribution in [0.25, 0.3) is 0 Å². The summed E-state index contributed by atoms with van der Waals surface area (Å²) in [6.45, 7) is 5.89. The van der Waals surface area contributed by atoms with Crippen molar-refractivity contribution in [2.45, 2.75) is 20.3 Å². The van der Waals surface area contributed by atoms with Gasteiger partial charge in [0.2, 0.25) is 0 Å². The maximum Gasteiger partial charge on any atom is 0.189 e. The maximum atomic E-state index is 5.58. The molecular formula is C13H20BrNO3. The van der Waals surface area contributed by atoms with Crippen LogP contribution in [-0.4, -0.2) is 26.6 Å². The van der Waals surface area contributed by atoms with Crippen LogP contribution >= 0.6 is 15.9 Å². The smallest absolute Gasteiger partial charge is 0.189 e. The van der Waals surface area contributed by atoms with Gasteiger partial charge in [0.15, 0.2) is 18.3 Å². The van der Waals surface area contributed by atoms with Crippen molar-refractivity contribution >= 4 is 15.9 Å². The molecule has 0 aromatic heterocycles. The van der Waals surface area contributed by atoms with E-state index in [-0.39, 0.29) is 6.79 Å². The lowest BCUT2D eigenvalue weighted by atomic mass is 10.1. The third kappa shape index (κ3) is 4.48. The first kappa shape index (κ1) is 15.3. The van der Waals surface area contributed by atoms with Gasteiger partial charge in [0, 0.05) is 6.61 Å². The van der Waals surface area contributed by atoms with Gasteiger partial charge in [-0.15, -0.1) is 0 Å². The van der Waals surface area contributed by atoms with Crippen molar-refractivity contribution in [3.05, 3.63) is 22.2 Å². The van der Waals surface area contributed by atoms with Crippen LogP contribution in [0.15, 0.2) is 16.6 Å². The number of halogens is 1. The number of nitrogens with two attached hydrogens (primary N) is 1. The van der Waals surface area contributed by atoms with Crippen molar-refractivity contribution in [3.8, 4) is 11.5 Å². The predicted octanol–water partition coefficient (Wildman–Crippen LogP) is 2.72. The van der Waals surface area contributed by atoms with E-state index in [9.17, 15) is 0 Å². The second-order valence-electron chi connectivity index (χ2n) is 3.63. The summed E-state index contributed by atoms with van der Waals surface area (Å²) in [4.78, 5) is 0. The zero-order chi connectivity index (χ0) is 13.4. The van der Waals surface area contributed by atoms with Crippen molar-refractivity contribution < 1.29 is 14.2 Å². The van der Waals surface area contributed by atoms with Crippen molar-refractivity contribution in [1.82, 2.24) is 0 Å². The fraction of sp³-hybridized carbons (Fsp3) is 0.538. The van der Waals surface area contributed by atoms with E-state index in [1.54, 1.807) is 0 Å². The largest absolute Gasteiger partial charge is 0.490 e. The fourth-order valence-corrected chi connectivity index (χ4v) is 2.12. The standard InChI is InChI=1S/C13H20BrNO3/c1-3-16-9-18-13-11(14)7-10(5-6-15)8-12(13)17-4-2/h7-8H,3-6,9,15H2,1-2H3. The monoisotopic (exact) mass is 317 g/mol. The normalized spacial score (nSPS) is 10.4. The van der Waals surface area contributed by atoms with Gasteiger partial charge in [-0.3, -0.25) is 0 Å². The summed E-state index contributed by atoms with van der Waals surface area (Å²) in [6, 6.07) is 3.96. The molecule has 5 heteroatoms. The average molecular weight is 318 g/mol. The van der Waals surface area contributed by atoms with E-state index >= 15 is 0 Å². The minimum Gasteiger partial charge on any atom is -0.490 e. The lowest BCUT2D eigenvalue weighted by Gasteiger charge is -2.15. The first-order chi connectivity index (χ1) is 8.72. The van der Waals surface area contributed by atoms with Crippen LogP contribution in [0, 0.1) is 0 Å². The summed E-state index contributed by atoms with van der Waals surface area (Å²) in [6.07, 6.45) is 0.810. The molecule has 0 spiro atoms. The number of hydrogen-bond acceptors (Lipinski definition) is 4. The molecule has 1 aromatic rings. The first-order valence-corrected chi connectivity index (χ1v) is 6.88. The first-order valence-electron chi connectivity index (χ1n) is 6.08. The maximum absolute atomic E-state index is 5.58. The van der Waals surface area contributed by atoms with Crippen LogP contribution in [0.3, 0.4) is 0 Å². The van der Waals surface area contributed by atoms with Gasteiger partial charge in [0.05, 0.1) is 11.1 Å². The Balaban J connectivity index is 2.90. The van der Waals surface area contributed by atoms with E-state index in [0.717, 1.165) is 22.2 Å². The summed E-state index contributed by atoms with van der Waals surface area (Å²) < 4.78 is 17.2. The number of benzene rings is 1. The molecule has 4 nitrogen and oxygen atoms in total. The third-order valence-electron chi connectivity index (χ3n) is 2.29. The van der Waals surface area contributed by atoms with Crippen LogP contribution in [0.4, 0.5) is 0 Å². The summed E-state index contributed by atoms with van der Waals surface area (Å²) >= 11 is 3.49. The topological polar surface area (TPSA) is 53.7 Å². The molecule has 1 rings (SSSR count). The molecule has 2 N–H and O–H groups in total.